The van der Waals surface area contributed by atoms with Gasteiger partial charge in [-0.25, -0.2) is 4.79 Å². The third-order valence-corrected chi connectivity index (χ3v) is 2.64. The van der Waals surface area contributed by atoms with Gasteiger partial charge in [0.2, 0.25) is 6.29 Å². The molecule has 1 aromatic carbocycles. The minimum Gasteiger partial charge on any atom is -0.463 e. The molecule has 0 saturated heterocycles. The minimum atomic E-state index is -0.942. The van der Waals surface area contributed by atoms with Gasteiger partial charge in [0.25, 0.3) is 0 Å². The number of benzene rings is 1. The lowest BCUT2D eigenvalue weighted by Crippen LogP contribution is -2.11. The molecule has 0 unspecified atom stereocenters. The van der Waals surface area contributed by atoms with Crippen LogP contribution in [0, 0.1) is 0 Å². The summed E-state index contributed by atoms with van der Waals surface area (Å²) >= 11 is 5.90. The summed E-state index contributed by atoms with van der Waals surface area (Å²) in [6, 6.07) is 3.14. The maximum absolute atomic E-state index is 11.6. The molecule has 1 N–H and O–H groups in total. The number of fused-ring (bicyclic) bond motifs is 1. The summed E-state index contributed by atoms with van der Waals surface area (Å²) in [5.74, 6) is -0.0483. The van der Waals surface area contributed by atoms with E-state index in [1.54, 1.807) is 19.1 Å². The Kier molecular flexibility index (Phi) is 3.03. The van der Waals surface area contributed by atoms with Gasteiger partial charge in [0, 0.05) is 12.0 Å². The Hall–Kier alpha value is -1.26. The number of hydrogen-bond donors (Lipinski definition) is 1. The van der Waals surface area contributed by atoms with Crippen molar-refractivity contribution in [3.63, 3.8) is 0 Å². The van der Waals surface area contributed by atoms with Crippen LogP contribution >= 0.6 is 11.6 Å². The van der Waals surface area contributed by atoms with Crippen molar-refractivity contribution in [2.45, 2.75) is 19.6 Å². The zero-order chi connectivity index (χ0) is 11.7. The molecule has 0 radical (unpaired) electrons. The molecule has 86 valence electrons. The fraction of sp³-hybridized carbons (Fsp3) is 0.364. The fourth-order valence-electron chi connectivity index (χ4n) is 1.68. The second-order valence-corrected chi connectivity index (χ2v) is 3.81. The van der Waals surface area contributed by atoms with E-state index in [2.05, 4.69) is 0 Å². The largest absolute Gasteiger partial charge is 0.463 e. The summed E-state index contributed by atoms with van der Waals surface area (Å²) < 4.78 is 10.0. The summed E-state index contributed by atoms with van der Waals surface area (Å²) in [6.45, 7) is 2.04. The first-order valence-electron chi connectivity index (χ1n) is 4.96. The molecule has 0 aliphatic carbocycles. The second kappa shape index (κ2) is 4.31. The Morgan fingerprint density at radius 2 is 2.44 bits per heavy atom. The number of aliphatic hydroxyl groups excluding tert-OH is 1. The predicted octanol–water partition coefficient (Wildman–Crippen LogP) is 1.77. The van der Waals surface area contributed by atoms with Gasteiger partial charge in [-0.05, 0) is 19.1 Å². The van der Waals surface area contributed by atoms with Crippen molar-refractivity contribution in [3.05, 3.63) is 28.3 Å². The normalized spacial score (nSPS) is 17.8. The molecule has 4 nitrogen and oxygen atoms in total. The van der Waals surface area contributed by atoms with E-state index in [4.69, 9.17) is 21.1 Å². The molecule has 1 aromatic rings. The van der Waals surface area contributed by atoms with Crippen LogP contribution in [0.3, 0.4) is 0 Å². The van der Waals surface area contributed by atoms with Crippen molar-refractivity contribution in [2.24, 2.45) is 0 Å². The Bertz CT molecular complexity index is 430. The first-order valence-corrected chi connectivity index (χ1v) is 5.34. The molecule has 0 fully saturated rings. The fourth-order valence-corrected chi connectivity index (χ4v) is 1.90. The lowest BCUT2D eigenvalue weighted by molar-refractivity contribution is 0.00219. The Labute approximate surface area is 97.7 Å². The number of hydrogen-bond acceptors (Lipinski definition) is 4. The highest BCUT2D eigenvalue weighted by atomic mass is 35.5. The number of rotatable bonds is 2. The average molecular weight is 243 g/mol. The van der Waals surface area contributed by atoms with E-state index >= 15 is 0 Å². The van der Waals surface area contributed by atoms with Gasteiger partial charge in [0.05, 0.1) is 17.2 Å². The number of carbonyl (C=O) groups excluding carboxylic acids is 1. The molecular weight excluding hydrogens is 232 g/mol. The third kappa shape index (κ3) is 1.86. The molecule has 1 aliphatic heterocycles. The van der Waals surface area contributed by atoms with E-state index in [1.165, 1.54) is 0 Å². The van der Waals surface area contributed by atoms with Crippen LogP contribution in [-0.4, -0.2) is 24.0 Å². The summed E-state index contributed by atoms with van der Waals surface area (Å²) in [5, 5.41) is 9.77. The molecule has 0 saturated carbocycles. The maximum Gasteiger partial charge on any atom is 0.338 e. The highest BCUT2D eigenvalue weighted by Gasteiger charge is 2.28. The van der Waals surface area contributed by atoms with E-state index < -0.39 is 12.3 Å². The molecule has 0 aromatic heterocycles. The first kappa shape index (κ1) is 11.2. The molecule has 1 atom stereocenters. The van der Waals surface area contributed by atoms with Gasteiger partial charge in [-0.3, -0.25) is 0 Å². The number of esters is 1. The van der Waals surface area contributed by atoms with Gasteiger partial charge in [-0.2, -0.15) is 0 Å². The topological polar surface area (TPSA) is 55.8 Å². The SMILES string of the molecule is CCOC(=O)c1ccc(Cl)c2c1C[C@@H](O)O2. The van der Waals surface area contributed by atoms with E-state index in [0.29, 0.717) is 28.5 Å². The molecule has 16 heavy (non-hydrogen) atoms. The molecule has 2 rings (SSSR count). The van der Waals surface area contributed by atoms with Gasteiger partial charge in [0.15, 0.2) is 0 Å². The van der Waals surface area contributed by atoms with E-state index in [9.17, 15) is 9.90 Å². The van der Waals surface area contributed by atoms with Crippen molar-refractivity contribution in [3.8, 4) is 5.75 Å². The van der Waals surface area contributed by atoms with Crippen LogP contribution in [0.2, 0.25) is 5.02 Å². The van der Waals surface area contributed by atoms with Crippen molar-refractivity contribution in [2.75, 3.05) is 6.61 Å². The van der Waals surface area contributed by atoms with Crippen LogP contribution in [0.1, 0.15) is 22.8 Å². The lowest BCUT2D eigenvalue weighted by atomic mass is 10.1. The smallest absolute Gasteiger partial charge is 0.338 e. The van der Waals surface area contributed by atoms with Gasteiger partial charge in [-0.1, -0.05) is 11.6 Å². The first-order chi connectivity index (χ1) is 7.63. The van der Waals surface area contributed by atoms with Crippen molar-refractivity contribution in [1.29, 1.82) is 0 Å². The third-order valence-electron chi connectivity index (χ3n) is 2.34. The zero-order valence-corrected chi connectivity index (χ0v) is 9.45. The van der Waals surface area contributed by atoms with Crippen LogP contribution in [0.5, 0.6) is 5.75 Å². The Balaban J connectivity index is 2.42. The number of halogens is 1. The van der Waals surface area contributed by atoms with E-state index in [1.807, 2.05) is 0 Å². The van der Waals surface area contributed by atoms with Gasteiger partial charge in [0.1, 0.15) is 5.75 Å². The zero-order valence-electron chi connectivity index (χ0n) is 8.70. The minimum absolute atomic E-state index is 0.254. The average Bonchev–Trinajstić information content (AvgIpc) is 2.61. The standard InChI is InChI=1S/C11H11ClO4/c1-2-15-11(14)6-3-4-8(12)10-7(6)5-9(13)16-10/h3-4,9,13H,2,5H2,1H3/t9-/m0/s1. The quantitative estimate of drug-likeness (QED) is 0.803. The molecule has 5 heteroatoms. The summed E-state index contributed by atoms with van der Waals surface area (Å²) in [6.07, 6.45) is -0.688. The van der Waals surface area contributed by atoms with Crippen LogP contribution < -0.4 is 4.74 Å². The van der Waals surface area contributed by atoms with Gasteiger partial charge in [-0.15, -0.1) is 0 Å². The highest BCUT2D eigenvalue weighted by molar-refractivity contribution is 6.32. The predicted molar refractivity (Wildman–Crippen MR) is 57.7 cm³/mol. The van der Waals surface area contributed by atoms with Gasteiger partial charge < -0.3 is 14.6 Å². The van der Waals surface area contributed by atoms with Crippen molar-refractivity contribution < 1.29 is 19.4 Å². The molecule has 1 heterocycles. The van der Waals surface area contributed by atoms with E-state index in [0.717, 1.165) is 0 Å². The molecular formula is C11H11ClO4. The Morgan fingerprint density at radius 3 is 3.12 bits per heavy atom. The number of carbonyl (C=O) groups is 1. The lowest BCUT2D eigenvalue weighted by Gasteiger charge is -2.07. The van der Waals surface area contributed by atoms with Crippen LogP contribution in [0.4, 0.5) is 0 Å². The van der Waals surface area contributed by atoms with Crippen LogP contribution in [0.25, 0.3) is 0 Å². The molecule has 1 aliphatic rings. The summed E-state index contributed by atoms with van der Waals surface area (Å²) in [7, 11) is 0. The van der Waals surface area contributed by atoms with Crippen LogP contribution in [0.15, 0.2) is 12.1 Å². The highest BCUT2D eigenvalue weighted by Crippen LogP contribution is 2.37. The Morgan fingerprint density at radius 1 is 1.69 bits per heavy atom. The maximum atomic E-state index is 11.6. The molecule has 0 amide bonds. The van der Waals surface area contributed by atoms with E-state index in [-0.39, 0.29) is 6.42 Å². The van der Waals surface area contributed by atoms with Crippen molar-refractivity contribution in [1.82, 2.24) is 0 Å². The molecule has 0 bridgehead atoms. The van der Waals surface area contributed by atoms with Gasteiger partial charge >= 0.3 is 5.97 Å². The number of ether oxygens (including phenoxy) is 2. The molecule has 0 spiro atoms. The van der Waals surface area contributed by atoms with Crippen LogP contribution in [-0.2, 0) is 11.2 Å². The van der Waals surface area contributed by atoms with Crippen molar-refractivity contribution >= 4 is 17.6 Å². The summed E-state index contributed by atoms with van der Waals surface area (Å²) in [5.41, 5.74) is 1.01. The monoisotopic (exact) mass is 242 g/mol. The second-order valence-electron chi connectivity index (χ2n) is 3.40. The number of aliphatic hydroxyl groups is 1. The summed E-state index contributed by atoms with van der Waals surface area (Å²) in [4.78, 5) is 11.6.